The first-order chi connectivity index (χ1) is 9.76. The fourth-order valence-corrected chi connectivity index (χ4v) is 3.38. The summed E-state index contributed by atoms with van der Waals surface area (Å²) in [7, 11) is 0. The smallest absolute Gasteiger partial charge is 0.241 e. The van der Waals surface area contributed by atoms with Gasteiger partial charge in [0.1, 0.15) is 11.7 Å². The number of hydrogen-bond acceptors (Lipinski definition) is 5. The minimum atomic E-state index is 0.271. The van der Waals surface area contributed by atoms with Crippen molar-refractivity contribution in [1.82, 2.24) is 15.1 Å². The van der Waals surface area contributed by atoms with Crippen LogP contribution in [0.1, 0.15) is 17.6 Å². The highest BCUT2D eigenvalue weighted by Gasteiger charge is 2.58. The molecule has 2 aromatic heterocycles. The average molecular weight is 311 g/mol. The van der Waals surface area contributed by atoms with Crippen LogP contribution in [0, 0.1) is 11.8 Å². The van der Waals surface area contributed by atoms with Gasteiger partial charge in [-0.05, 0) is 24.0 Å². The number of anilines is 1. The molecule has 0 N–H and O–H groups in total. The Hall–Kier alpha value is -1.33. The Morgan fingerprint density at radius 1 is 1.35 bits per heavy atom. The summed E-state index contributed by atoms with van der Waals surface area (Å²) >= 11 is 11.7. The summed E-state index contributed by atoms with van der Waals surface area (Å²) in [4.78, 5) is 11.0. The summed E-state index contributed by atoms with van der Waals surface area (Å²) in [6, 6.07) is 3.69. The number of rotatable bonds is 3. The van der Waals surface area contributed by atoms with Crippen LogP contribution in [0.25, 0.3) is 0 Å². The minimum Gasteiger partial charge on any atom is -0.356 e. The molecular weight excluding hydrogens is 299 g/mol. The summed E-state index contributed by atoms with van der Waals surface area (Å²) < 4.78 is 5.07. The van der Waals surface area contributed by atoms with Gasteiger partial charge in [0.15, 0.2) is 5.82 Å². The molecule has 2 aliphatic rings. The van der Waals surface area contributed by atoms with Gasteiger partial charge in [-0.2, -0.15) is 4.98 Å². The molecule has 1 saturated carbocycles. The van der Waals surface area contributed by atoms with E-state index in [1.807, 2.05) is 6.07 Å². The van der Waals surface area contributed by atoms with Gasteiger partial charge >= 0.3 is 0 Å². The molecule has 3 atom stereocenters. The number of fused-ring (bicyclic) bond motifs is 1. The molecule has 0 bridgehead atoms. The van der Waals surface area contributed by atoms with Crippen LogP contribution >= 0.6 is 23.2 Å². The second-order valence-electron chi connectivity index (χ2n) is 5.27. The Labute approximate surface area is 125 Å². The number of alkyl halides is 1. The summed E-state index contributed by atoms with van der Waals surface area (Å²) in [6.07, 6.45) is 1.74. The van der Waals surface area contributed by atoms with Crippen LogP contribution in [0.4, 0.5) is 5.82 Å². The Kier molecular flexibility index (Phi) is 2.86. The summed E-state index contributed by atoms with van der Waals surface area (Å²) in [5.74, 6) is 4.08. The van der Waals surface area contributed by atoms with Crippen molar-refractivity contribution in [2.45, 2.75) is 11.8 Å². The number of nitrogens with zero attached hydrogens (tertiary/aromatic N) is 4. The maximum atomic E-state index is 6.00. The standard InChI is InChI=1S/C13H12Cl2N4O/c14-4-11-17-13(18-20-11)12-8-5-19(6-9(8)12)10-3-7(15)1-2-16-10/h1-3,8-9,12H,4-6H2/t8-,9+,12?. The second-order valence-corrected chi connectivity index (χ2v) is 5.97. The van der Waals surface area contributed by atoms with E-state index in [2.05, 4.69) is 20.0 Å². The van der Waals surface area contributed by atoms with E-state index in [1.54, 1.807) is 12.3 Å². The van der Waals surface area contributed by atoms with Crippen LogP contribution in [0.5, 0.6) is 0 Å². The van der Waals surface area contributed by atoms with Gasteiger partial charge in [-0.3, -0.25) is 0 Å². The maximum Gasteiger partial charge on any atom is 0.241 e. The van der Waals surface area contributed by atoms with Crippen LogP contribution in [-0.4, -0.2) is 28.2 Å². The number of pyridine rings is 1. The third-order valence-corrected chi connectivity index (χ3v) is 4.59. The molecule has 5 nitrogen and oxygen atoms in total. The first-order valence-electron chi connectivity index (χ1n) is 6.51. The first kappa shape index (κ1) is 12.4. The molecular formula is C13H12Cl2N4O. The molecule has 1 saturated heterocycles. The van der Waals surface area contributed by atoms with Crippen molar-refractivity contribution < 1.29 is 4.52 Å². The monoisotopic (exact) mass is 310 g/mol. The zero-order valence-corrected chi connectivity index (χ0v) is 12.1. The maximum absolute atomic E-state index is 6.00. The van der Waals surface area contributed by atoms with Gasteiger partial charge in [-0.1, -0.05) is 16.8 Å². The van der Waals surface area contributed by atoms with Gasteiger partial charge in [0.25, 0.3) is 0 Å². The van der Waals surface area contributed by atoms with E-state index >= 15 is 0 Å². The lowest BCUT2D eigenvalue weighted by molar-refractivity contribution is 0.383. The van der Waals surface area contributed by atoms with E-state index in [1.165, 1.54) is 0 Å². The largest absolute Gasteiger partial charge is 0.356 e. The van der Waals surface area contributed by atoms with Gasteiger partial charge in [-0.25, -0.2) is 4.98 Å². The number of hydrogen-bond donors (Lipinski definition) is 0. The van der Waals surface area contributed by atoms with Crippen molar-refractivity contribution in [3.8, 4) is 0 Å². The van der Waals surface area contributed by atoms with Crippen LogP contribution in [0.2, 0.25) is 5.02 Å². The predicted molar refractivity (Wildman–Crippen MR) is 75.0 cm³/mol. The van der Waals surface area contributed by atoms with Crippen molar-refractivity contribution in [3.63, 3.8) is 0 Å². The molecule has 1 aliphatic carbocycles. The van der Waals surface area contributed by atoms with E-state index in [0.717, 1.165) is 29.8 Å². The average Bonchev–Trinajstić information content (AvgIpc) is 2.87. The quantitative estimate of drug-likeness (QED) is 0.816. The van der Waals surface area contributed by atoms with E-state index in [-0.39, 0.29) is 5.88 Å². The van der Waals surface area contributed by atoms with Crippen molar-refractivity contribution >= 4 is 29.0 Å². The topological polar surface area (TPSA) is 55.1 Å². The third kappa shape index (κ3) is 1.96. The zero-order valence-electron chi connectivity index (χ0n) is 10.5. The van der Waals surface area contributed by atoms with E-state index in [9.17, 15) is 0 Å². The molecule has 1 aliphatic heterocycles. The van der Waals surface area contributed by atoms with Crippen molar-refractivity contribution in [2.75, 3.05) is 18.0 Å². The van der Waals surface area contributed by atoms with E-state index < -0.39 is 0 Å². The lowest BCUT2D eigenvalue weighted by Gasteiger charge is -2.20. The minimum absolute atomic E-state index is 0.271. The molecule has 3 heterocycles. The van der Waals surface area contributed by atoms with Crippen LogP contribution in [0.3, 0.4) is 0 Å². The van der Waals surface area contributed by atoms with Crippen LogP contribution < -0.4 is 4.90 Å². The third-order valence-electron chi connectivity index (χ3n) is 4.12. The normalized spacial score (nSPS) is 27.7. The fraction of sp³-hybridized carbons (Fsp3) is 0.462. The van der Waals surface area contributed by atoms with E-state index in [0.29, 0.717) is 23.6 Å². The van der Waals surface area contributed by atoms with Crippen molar-refractivity contribution in [2.24, 2.45) is 11.8 Å². The molecule has 0 aromatic carbocycles. The number of aromatic nitrogens is 3. The Bertz CT molecular complexity index is 635. The van der Waals surface area contributed by atoms with Crippen molar-refractivity contribution in [3.05, 3.63) is 35.1 Å². The molecule has 0 amide bonds. The first-order valence-corrected chi connectivity index (χ1v) is 7.42. The molecule has 20 heavy (non-hydrogen) atoms. The SMILES string of the molecule is ClCc1nc(C2[C@H]3CN(c4cc(Cl)ccn4)C[C@@H]23)no1. The Morgan fingerprint density at radius 3 is 2.80 bits per heavy atom. The van der Waals surface area contributed by atoms with Crippen LogP contribution in [-0.2, 0) is 5.88 Å². The van der Waals surface area contributed by atoms with Gasteiger partial charge in [0.05, 0.1) is 0 Å². The lowest BCUT2D eigenvalue weighted by atomic mass is 10.2. The summed E-state index contributed by atoms with van der Waals surface area (Å²) in [6.45, 7) is 1.93. The molecule has 4 rings (SSSR count). The number of piperidine rings is 1. The number of halogens is 2. The van der Waals surface area contributed by atoms with Gasteiger partial charge in [0, 0.05) is 30.2 Å². The van der Waals surface area contributed by atoms with E-state index in [4.69, 9.17) is 27.7 Å². The molecule has 1 unspecified atom stereocenters. The highest BCUT2D eigenvalue weighted by Crippen LogP contribution is 2.57. The molecule has 7 heteroatoms. The highest BCUT2D eigenvalue weighted by molar-refractivity contribution is 6.30. The molecule has 2 fully saturated rings. The molecule has 0 spiro atoms. The van der Waals surface area contributed by atoms with Gasteiger partial charge < -0.3 is 9.42 Å². The second kappa shape index (κ2) is 4.60. The van der Waals surface area contributed by atoms with Gasteiger partial charge in [-0.15, -0.1) is 11.6 Å². The summed E-state index contributed by atoms with van der Waals surface area (Å²) in [5.41, 5.74) is 0. The molecule has 2 aromatic rings. The van der Waals surface area contributed by atoms with Crippen LogP contribution in [0.15, 0.2) is 22.9 Å². The molecule has 0 radical (unpaired) electrons. The fourth-order valence-electron chi connectivity index (χ4n) is 3.12. The van der Waals surface area contributed by atoms with Gasteiger partial charge in [0.2, 0.25) is 5.89 Å². The Balaban J connectivity index is 1.46. The zero-order chi connectivity index (χ0) is 13.7. The predicted octanol–water partition coefficient (Wildman–Crippen LogP) is 2.71. The highest BCUT2D eigenvalue weighted by atomic mass is 35.5. The van der Waals surface area contributed by atoms with Crippen molar-refractivity contribution in [1.29, 1.82) is 0 Å². The molecule has 104 valence electrons. The summed E-state index contributed by atoms with van der Waals surface area (Å²) in [5, 5.41) is 4.74. The lowest BCUT2D eigenvalue weighted by Crippen LogP contribution is -2.24. The Morgan fingerprint density at radius 2 is 2.15 bits per heavy atom.